The first-order chi connectivity index (χ1) is 9.85. The molecule has 0 saturated heterocycles. The molecule has 1 saturated carbocycles. The number of nitrogens with one attached hydrogen (secondary N) is 1. The molecule has 0 spiro atoms. The van der Waals surface area contributed by atoms with Crippen LogP contribution in [-0.4, -0.2) is 28.9 Å². The summed E-state index contributed by atoms with van der Waals surface area (Å²) in [7, 11) is 0. The van der Waals surface area contributed by atoms with Gasteiger partial charge < -0.3 is 15.2 Å². The number of ether oxygens (including phenoxy) is 1. The van der Waals surface area contributed by atoms with Crippen molar-refractivity contribution in [1.82, 2.24) is 5.32 Å². The Morgan fingerprint density at radius 3 is 2.48 bits per heavy atom. The maximum Gasteiger partial charge on any atom is 0.407 e. The van der Waals surface area contributed by atoms with Crippen molar-refractivity contribution in [2.45, 2.75) is 63.7 Å². The van der Waals surface area contributed by atoms with Crippen molar-refractivity contribution in [3.05, 3.63) is 35.9 Å². The van der Waals surface area contributed by atoms with E-state index in [-0.39, 0.29) is 12.0 Å². The molecule has 1 aliphatic rings. The Morgan fingerprint density at radius 2 is 1.90 bits per heavy atom. The molecular formula is C17H25NO3. The summed E-state index contributed by atoms with van der Waals surface area (Å²) in [5.74, 6) is 0.155. The summed E-state index contributed by atoms with van der Waals surface area (Å²) >= 11 is 0. The molecule has 0 aliphatic heterocycles. The van der Waals surface area contributed by atoms with Crippen molar-refractivity contribution in [3.8, 4) is 0 Å². The van der Waals surface area contributed by atoms with Crippen LogP contribution >= 0.6 is 0 Å². The normalized spacial score (nSPS) is 26.2. The molecule has 0 radical (unpaired) electrons. The summed E-state index contributed by atoms with van der Waals surface area (Å²) in [6.07, 6.45) is 1.46. The van der Waals surface area contributed by atoms with Gasteiger partial charge in [0.1, 0.15) is 5.60 Å². The zero-order chi connectivity index (χ0) is 15.5. The summed E-state index contributed by atoms with van der Waals surface area (Å²) < 4.78 is 5.26. The van der Waals surface area contributed by atoms with E-state index in [1.54, 1.807) is 0 Å². The fourth-order valence-corrected chi connectivity index (χ4v) is 2.84. The molecule has 116 valence electrons. The predicted octanol–water partition coefficient (Wildman–Crippen LogP) is 3.21. The van der Waals surface area contributed by atoms with Crippen LogP contribution in [0.15, 0.2) is 30.3 Å². The van der Waals surface area contributed by atoms with E-state index in [0.717, 1.165) is 12.8 Å². The molecule has 1 aromatic carbocycles. The summed E-state index contributed by atoms with van der Waals surface area (Å²) in [5.41, 5.74) is 0.671. The number of alkyl carbamates (subject to hydrolysis) is 1. The van der Waals surface area contributed by atoms with Crippen molar-refractivity contribution in [2.24, 2.45) is 0 Å². The number of hydrogen-bond acceptors (Lipinski definition) is 3. The van der Waals surface area contributed by atoms with Gasteiger partial charge in [-0.2, -0.15) is 0 Å². The number of aliphatic hydroxyl groups is 1. The number of aliphatic hydroxyl groups excluding tert-OH is 1. The zero-order valence-corrected chi connectivity index (χ0v) is 13.0. The van der Waals surface area contributed by atoms with Crippen molar-refractivity contribution in [3.63, 3.8) is 0 Å². The number of amides is 1. The van der Waals surface area contributed by atoms with E-state index in [9.17, 15) is 9.90 Å². The first-order valence-electron chi connectivity index (χ1n) is 7.57. The van der Waals surface area contributed by atoms with Crippen LogP contribution in [0.25, 0.3) is 0 Å². The van der Waals surface area contributed by atoms with Gasteiger partial charge in [0.25, 0.3) is 0 Å². The number of carbonyl (C=O) groups is 1. The van der Waals surface area contributed by atoms with Gasteiger partial charge in [-0.25, -0.2) is 4.79 Å². The van der Waals surface area contributed by atoms with Crippen LogP contribution in [0.2, 0.25) is 0 Å². The van der Waals surface area contributed by atoms with Crippen LogP contribution in [0.3, 0.4) is 0 Å². The Balaban J connectivity index is 1.88. The molecule has 2 rings (SSSR count). The van der Waals surface area contributed by atoms with E-state index in [1.165, 1.54) is 5.56 Å². The summed E-state index contributed by atoms with van der Waals surface area (Å²) in [4.78, 5) is 11.8. The Hall–Kier alpha value is -1.55. The number of benzene rings is 1. The molecule has 1 fully saturated rings. The van der Waals surface area contributed by atoms with Crippen LogP contribution < -0.4 is 5.32 Å². The predicted molar refractivity (Wildman–Crippen MR) is 82.2 cm³/mol. The fraction of sp³-hybridized carbons (Fsp3) is 0.588. The third kappa shape index (κ3) is 4.74. The lowest BCUT2D eigenvalue weighted by Gasteiger charge is -2.34. The first-order valence-corrected chi connectivity index (χ1v) is 7.57. The van der Waals surface area contributed by atoms with E-state index >= 15 is 0 Å². The first kappa shape index (κ1) is 15.8. The van der Waals surface area contributed by atoms with Crippen LogP contribution in [0.4, 0.5) is 4.79 Å². The molecule has 4 nitrogen and oxygen atoms in total. The second-order valence-electron chi connectivity index (χ2n) is 6.74. The highest BCUT2D eigenvalue weighted by atomic mass is 16.6. The van der Waals surface area contributed by atoms with Crippen LogP contribution in [0.1, 0.15) is 51.5 Å². The minimum Gasteiger partial charge on any atom is -0.444 e. The van der Waals surface area contributed by atoms with Crippen molar-refractivity contribution in [2.75, 3.05) is 0 Å². The molecule has 3 atom stereocenters. The quantitative estimate of drug-likeness (QED) is 0.879. The molecule has 1 amide bonds. The van der Waals surface area contributed by atoms with Crippen LogP contribution in [-0.2, 0) is 4.74 Å². The molecule has 0 aromatic heterocycles. The maximum atomic E-state index is 11.8. The van der Waals surface area contributed by atoms with E-state index in [4.69, 9.17) is 4.74 Å². The number of hydrogen-bond donors (Lipinski definition) is 2. The molecule has 21 heavy (non-hydrogen) atoms. The SMILES string of the molecule is CC(C)(C)OC(=O)N[C@@H]1CC[C@H](c2ccccc2)[C@@H](O)C1. The topological polar surface area (TPSA) is 58.6 Å². The van der Waals surface area contributed by atoms with Gasteiger partial charge in [0.05, 0.1) is 6.10 Å². The number of carbonyl (C=O) groups excluding carboxylic acids is 1. The summed E-state index contributed by atoms with van der Waals surface area (Å²) in [6, 6.07) is 10.0. The summed E-state index contributed by atoms with van der Waals surface area (Å²) in [6.45, 7) is 5.52. The lowest BCUT2D eigenvalue weighted by Crippen LogP contribution is -2.44. The molecule has 0 bridgehead atoms. The van der Waals surface area contributed by atoms with Crippen molar-refractivity contribution < 1.29 is 14.6 Å². The van der Waals surface area contributed by atoms with Crippen LogP contribution in [0, 0.1) is 0 Å². The van der Waals surface area contributed by atoms with Gasteiger partial charge >= 0.3 is 6.09 Å². The second kappa shape index (κ2) is 6.48. The standard InChI is InChI=1S/C17H25NO3/c1-17(2,3)21-16(20)18-13-9-10-14(15(19)11-13)12-7-5-4-6-8-12/h4-8,13-15,19H,9-11H2,1-3H3,(H,18,20)/t13-,14-,15+/m1/s1. The smallest absolute Gasteiger partial charge is 0.407 e. The average molecular weight is 291 g/mol. The molecule has 1 aliphatic carbocycles. The lowest BCUT2D eigenvalue weighted by atomic mass is 9.79. The van der Waals surface area contributed by atoms with E-state index in [0.29, 0.717) is 6.42 Å². The average Bonchev–Trinajstić information content (AvgIpc) is 2.37. The van der Waals surface area contributed by atoms with Gasteiger partial charge in [0, 0.05) is 12.0 Å². The van der Waals surface area contributed by atoms with Gasteiger partial charge in [0.2, 0.25) is 0 Å². The highest BCUT2D eigenvalue weighted by Gasteiger charge is 2.31. The van der Waals surface area contributed by atoms with Gasteiger partial charge in [-0.15, -0.1) is 0 Å². The maximum absolute atomic E-state index is 11.8. The fourth-order valence-electron chi connectivity index (χ4n) is 2.84. The molecular weight excluding hydrogens is 266 g/mol. The Labute approximate surface area is 126 Å². The molecule has 4 heteroatoms. The Morgan fingerprint density at radius 1 is 1.24 bits per heavy atom. The molecule has 1 aromatic rings. The largest absolute Gasteiger partial charge is 0.444 e. The lowest BCUT2D eigenvalue weighted by molar-refractivity contribution is 0.0426. The number of rotatable bonds is 2. The highest BCUT2D eigenvalue weighted by Crippen LogP contribution is 2.33. The minimum atomic E-state index is -0.496. The second-order valence-corrected chi connectivity index (χ2v) is 6.74. The molecule has 0 unspecified atom stereocenters. The van der Waals surface area contributed by atoms with Crippen molar-refractivity contribution in [1.29, 1.82) is 0 Å². The summed E-state index contributed by atoms with van der Waals surface area (Å²) in [5, 5.41) is 13.2. The highest BCUT2D eigenvalue weighted by molar-refractivity contribution is 5.68. The molecule has 0 heterocycles. The third-order valence-electron chi connectivity index (χ3n) is 3.77. The third-order valence-corrected chi connectivity index (χ3v) is 3.77. The Kier molecular flexibility index (Phi) is 4.88. The van der Waals surface area contributed by atoms with Gasteiger partial charge in [-0.3, -0.25) is 0 Å². The van der Waals surface area contributed by atoms with Gasteiger partial charge in [-0.1, -0.05) is 30.3 Å². The minimum absolute atomic E-state index is 0.0187. The zero-order valence-electron chi connectivity index (χ0n) is 13.0. The van der Waals surface area contributed by atoms with Gasteiger partial charge in [0.15, 0.2) is 0 Å². The van der Waals surface area contributed by atoms with E-state index in [2.05, 4.69) is 17.4 Å². The molecule has 2 N–H and O–H groups in total. The van der Waals surface area contributed by atoms with Crippen molar-refractivity contribution >= 4 is 6.09 Å². The van der Waals surface area contributed by atoms with Gasteiger partial charge in [-0.05, 0) is 45.6 Å². The van der Waals surface area contributed by atoms with E-state index in [1.807, 2.05) is 39.0 Å². The van der Waals surface area contributed by atoms with E-state index < -0.39 is 17.8 Å². The Bertz CT molecular complexity index is 467. The monoisotopic (exact) mass is 291 g/mol. The van der Waals surface area contributed by atoms with Crippen LogP contribution in [0.5, 0.6) is 0 Å².